The van der Waals surface area contributed by atoms with Gasteiger partial charge in [0.15, 0.2) is 0 Å². The van der Waals surface area contributed by atoms with Gasteiger partial charge in [0.2, 0.25) is 5.88 Å². The predicted octanol–water partition coefficient (Wildman–Crippen LogP) is 1.66. The van der Waals surface area contributed by atoms with Gasteiger partial charge in [0.25, 0.3) is 0 Å². The van der Waals surface area contributed by atoms with Crippen LogP contribution in [0.25, 0.3) is 0 Å². The molecule has 0 radical (unpaired) electrons. The van der Waals surface area contributed by atoms with Gasteiger partial charge in [0, 0.05) is 0 Å². The molecule has 0 spiro atoms. The molecule has 0 aromatic carbocycles. The molecular weight excluding hydrogens is 271 g/mol. The normalized spacial score (nSPS) is 20.6. The number of esters is 1. The maximum atomic E-state index is 12.0. The number of carbonyl (C=O) groups excluding carboxylic acids is 1. The highest BCUT2D eigenvalue weighted by Gasteiger charge is 2.53. The molecule has 1 N–H and O–H groups in total. The van der Waals surface area contributed by atoms with Gasteiger partial charge >= 0.3 is 13.1 Å². The van der Waals surface area contributed by atoms with Crippen LogP contribution in [-0.4, -0.2) is 34.5 Å². The minimum Gasteiger partial charge on any atom is -0.408 e. The Morgan fingerprint density at radius 1 is 1.24 bits per heavy atom. The van der Waals surface area contributed by atoms with Gasteiger partial charge in [-0.25, -0.2) is 5.10 Å². The minimum atomic E-state index is -0.614. The molecule has 1 fully saturated rings. The van der Waals surface area contributed by atoms with Gasteiger partial charge in [-0.2, -0.15) is 5.10 Å². The van der Waals surface area contributed by atoms with Crippen molar-refractivity contribution in [2.45, 2.75) is 59.7 Å². The van der Waals surface area contributed by atoms with E-state index in [4.69, 9.17) is 14.0 Å². The van der Waals surface area contributed by atoms with E-state index in [1.165, 1.54) is 0 Å². The van der Waals surface area contributed by atoms with E-state index in [0.29, 0.717) is 5.46 Å². The van der Waals surface area contributed by atoms with Crippen molar-refractivity contribution >= 4 is 18.6 Å². The summed E-state index contributed by atoms with van der Waals surface area (Å²) in [6.07, 6.45) is 1.56. The SMILES string of the molecule is CC(C)(C)C(=O)Oc1[nH]ncc1B1OC(C)(C)C(C)(C)O1. The highest BCUT2D eigenvalue weighted by Crippen LogP contribution is 2.37. The van der Waals surface area contributed by atoms with Gasteiger partial charge in [-0.05, 0) is 48.5 Å². The first-order valence-corrected chi connectivity index (χ1v) is 7.05. The molecule has 6 nitrogen and oxygen atoms in total. The summed E-state index contributed by atoms with van der Waals surface area (Å²) < 4.78 is 17.3. The largest absolute Gasteiger partial charge is 0.502 e. The molecule has 0 saturated carbocycles. The van der Waals surface area contributed by atoms with Crippen LogP contribution in [-0.2, 0) is 14.1 Å². The number of carbonyl (C=O) groups is 1. The van der Waals surface area contributed by atoms with Crippen LogP contribution in [0.2, 0.25) is 0 Å². The third kappa shape index (κ3) is 2.99. The van der Waals surface area contributed by atoms with Crippen LogP contribution >= 0.6 is 0 Å². The summed E-state index contributed by atoms with van der Waals surface area (Å²) in [7, 11) is -0.614. The molecule has 0 bridgehead atoms. The van der Waals surface area contributed by atoms with Gasteiger partial charge < -0.3 is 14.0 Å². The fraction of sp³-hybridized carbons (Fsp3) is 0.714. The summed E-state index contributed by atoms with van der Waals surface area (Å²) >= 11 is 0. The lowest BCUT2D eigenvalue weighted by Gasteiger charge is -2.32. The van der Waals surface area contributed by atoms with E-state index in [1.807, 2.05) is 27.7 Å². The highest BCUT2D eigenvalue weighted by atomic mass is 16.7. The quantitative estimate of drug-likeness (QED) is 0.663. The van der Waals surface area contributed by atoms with E-state index >= 15 is 0 Å². The van der Waals surface area contributed by atoms with E-state index in [-0.39, 0.29) is 11.8 Å². The lowest BCUT2D eigenvalue weighted by Crippen LogP contribution is -2.41. The number of hydrogen-bond donors (Lipinski definition) is 1. The summed E-state index contributed by atoms with van der Waals surface area (Å²) in [4.78, 5) is 12.0. The van der Waals surface area contributed by atoms with Gasteiger partial charge in [0.05, 0.1) is 28.3 Å². The van der Waals surface area contributed by atoms with E-state index in [9.17, 15) is 4.79 Å². The molecule has 2 heterocycles. The topological polar surface area (TPSA) is 73.4 Å². The maximum Gasteiger partial charge on any atom is 0.502 e. The summed E-state index contributed by atoms with van der Waals surface area (Å²) in [5, 5.41) is 6.62. The third-order valence-corrected chi connectivity index (χ3v) is 3.95. The molecule has 116 valence electrons. The molecule has 0 atom stereocenters. The van der Waals surface area contributed by atoms with Gasteiger partial charge in [0.1, 0.15) is 0 Å². The Balaban J connectivity index is 2.21. The van der Waals surface area contributed by atoms with Crippen molar-refractivity contribution in [1.29, 1.82) is 0 Å². The molecule has 1 aromatic heterocycles. The van der Waals surface area contributed by atoms with E-state index in [2.05, 4.69) is 10.2 Å². The van der Waals surface area contributed by atoms with Gasteiger partial charge in [-0.3, -0.25) is 4.79 Å². The Morgan fingerprint density at radius 3 is 2.24 bits per heavy atom. The zero-order valence-corrected chi connectivity index (χ0v) is 13.7. The first kappa shape index (κ1) is 16.0. The van der Waals surface area contributed by atoms with Crippen molar-refractivity contribution in [3.63, 3.8) is 0 Å². The van der Waals surface area contributed by atoms with Crippen LogP contribution in [0.3, 0.4) is 0 Å². The second-order valence-corrected chi connectivity index (χ2v) is 7.38. The summed E-state index contributed by atoms with van der Waals surface area (Å²) in [6.45, 7) is 13.2. The average Bonchev–Trinajstić information content (AvgIpc) is 2.81. The number of aromatic amines is 1. The molecule has 1 aliphatic heterocycles. The van der Waals surface area contributed by atoms with Crippen molar-refractivity contribution in [3.05, 3.63) is 6.20 Å². The van der Waals surface area contributed by atoms with Crippen molar-refractivity contribution in [2.75, 3.05) is 0 Å². The van der Waals surface area contributed by atoms with Crippen LogP contribution < -0.4 is 10.2 Å². The summed E-state index contributed by atoms with van der Waals surface area (Å²) in [6, 6.07) is 0. The summed E-state index contributed by atoms with van der Waals surface area (Å²) in [5.41, 5.74) is -0.926. The van der Waals surface area contributed by atoms with Gasteiger partial charge in [-0.15, -0.1) is 0 Å². The zero-order chi connectivity index (χ0) is 16.1. The maximum absolute atomic E-state index is 12.0. The molecule has 0 aliphatic carbocycles. The van der Waals surface area contributed by atoms with Crippen LogP contribution in [0.5, 0.6) is 5.88 Å². The first-order chi connectivity index (χ1) is 9.44. The lowest BCUT2D eigenvalue weighted by molar-refractivity contribution is -0.143. The second kappa shape index (κ2) is 4.85. The van der Waals surface area contributed by atoms with Crippen molar-refractivity contribution in [1.82, 2.24) is 10.2 Å². The minimum absolute atomic E-state index is 0.272. The summed E-state index contributed by atoms with van der Waals surface area (Å²) in [5.74, 6) is -0.0713. The number of aromatic nitrogens is 2. The molecule has 0 unspecified atom stereocenters. The molecular formula is C14H23BN2O4. The van der Waals surface area contributed by atoms with E-state index in [0.717, 1.165) is 0 Å². The molecule has 1 aliphatic rings. The van der Waals surface area contributed by atoms with E-state index < -0.39 is 23.7 Å². The Labute approximate surface area is 125 Å². The molecule has 1 saturated heterocycles. The fourth-order valence-corrected chi connectivity index (χ4v) is 1.75. The molecule has 0 amide bonds. The van der Waals surface area contributed by atoms with Crippen LogP contribution in [0, 0.1) is 5.41 Å². The first-order valence-electron chi connectivity index (χ1n) is 7.05. The Kier molecular flexibility index (Phi) is 3.70. The number of nitrogens with one attached hydrogen (secondary N) is 1. The lowest BCUT2D eigenvalue weighted by atomic mass is 9.81. The number of ether oxygens (including phenoxy) is 1. The predicted molar refractivity (Wildman–Crippen MR) is 79.4 cm³/mol. The standard InChI is InChI=1S/C14H23BN2O4/c1-12(2,3)11(18)19-10-9(8-16-17-10)15-20-13(4,5)14(6,7)21-15/h8H,1-7H3,(H,16,17). The Morgan fingerprint density at radius 2 is 1.76 bits per heavy atom. The third-order valence-electron chi connectivity index (χ3n) is 3.95. The molecule has 21 heavy (non-hydrogen) atoms. The van der Waals surface area contributed by atoms with Crippen molar-refractivity contribution in [3.8, 4) is 5.88 Å². The van der Waals surface area contributed by atoms with Crippen LogP contribution in [0.1, 0.15) is 48.5 Å². The Hall–Kier alpha value is -1.34. The molecule has 1 aromatic rings. The Bertz CT molecular complexity index is 529. The monoisotopic (exact) mass is 294 g/mol. The number of rotatable bonds is 2. The highest BCUT2D eigenvalue weighted by molar-refractivity contribution is 6.63. The number of hydrogen-bond acceptors (Lipinski definition) is 5. The van der Waals surface area contributed by atoms with Gasteiger partial charge in [-0.1, -0.05) is 0 Å². The van der Waals surface area contributed by atoms with Crippen molar-refractivity contribution < 1.29 is 18.8 Å². The zero-order valence-electron chi connectivity index (χ0n) is 13.7. The van der Waals surface area contributed by atoms with Crippen LogP contribution in [0.4, 0.5) is 0 Å². The molecule has 7 heteroatoms. The van der Waals surface area contributed by atoms with Crippen LogP contribution in [0.15, 0.2) is 6.20 Å². The van der Waals surface area contributed by atoms with E-state index in [1.54, 1.807) is 27.0 Å². The molecule has 2 rings (SSSR count). The van der Waals surface area contributed by atoms with Crippen molar-refractivity contribution in [2.24, 2.45) is 5.41 Å². The number of nitrogens with zero attached hydrogens (tertiary/aromatic N) is 1. The number of H-pyrrole nitrogens is 1. The average molecular weight is 294 g/mol. The smallest absolute Gasteiger partial charge is 0.408 e. The second-order valence-electron chi connectivity index (χ2n) is 7.38. The fourth-order valence-electron chi connectivity index (χ4n) is 1.75.